The summed E-state index contributed by atoms with van der Waals surface area (Å²) >= 11 is 0. The Hall–Kier alpha value is -7.87. The number of allylic oxidation sites excluding steroid dienone is 1. The highest BCUT2D eigenvalue weighted by Crippen LogP contribution is 2.67. The summed E-state index contributed by atoms with van der Waals surface area (Å²) in [5.74, 6) is 0.653. The monoisotopic (exact) mass is 867 g/mol. The van der Waals surface area contributed by atoms with Gasteiger partial charge in [-0.05, 0) is 142 Å². The average molecular weight is 868 g/mol. The Morgan fingerprint density at radius 2 is 1.13 bits per heavy atom. The third-order valence-corrected chi connectivity index (χ3v) is 16.1. The summed E-state index contributed by atoms with van der Waals surface area (Å²) in [5.41, 5.74) is 23.6. The fourth-order valence-electron chi connectivity index (χ4n) is 13.4. The molecular weight excluding hydrogens is 819 g/mol. The molecule has 1 heterocycles. The summed E-state index contributed by atoms with van der Waals surface area (Å²) in [6.45, 7) is 2.30. The first-order valence-electron chi connectivity index (χ1n) is 24.6. The van der Waals surface area contributed by atoms with Crippen LogP contribution in [0.1, 0.15) is 92.8 Å². The van der Waals surface area contributed by atoms with Crippen LogP contribution in [0.4, 0.5) is 5.69 Å². The van der Waals surface area contributed by atoms with Crippen LogP contribution in [0.5, 0.6) is 0 Å². The fourth-order valence-corrected chi connectivity index (χ4v) is 13.4. The van der Waals surface area contributed by atoms with E-state index in [1.54, 1.807) is 0 Å². The van der Waals surface area contributed by atoms with E-state index in [4.69, 9.17) is 4.99 Å². The van der Waals surface area contributed by atoms with E-state index in [1.165, 1.54) is 111 Å². The van der Waals surface area contributed by atoms with Crippen LogP contribution in [0.3, 0.4) is 0 Å². The number of para-hydroxylation sites is 1. The van der Waals surface area contributed by atoms with Gasteiger partial charge in [-0.2, -0.15) is 0 Å². The number of hydrogen-bond acceptors (Lipinski definition) is 1. The van der Waals surface area contributed by atoms with E-state index in [1.807, 2.05) is 0 Å². The molecule has 4 atom stereocenters. The van der Waals surface area contributed by atoms with Crippen molar-refractivity contribution in [3.63, 3.8) is 0 Å². The molecule has 10 aromatic carbocycles. The summed E-state index contributed by atoms with van der Waals surface area (Å²) in [5, 5.41) is 5.32. The number of rotatable bonds is 6. The number of nitrogens with zero attached hydrogens (tertiary/aromatic N) is 1. The summed E-state index contributed by atoms with van der Waals surface area (Å²) < 4.78 is 0. The second-order valence-electron chi connectivity index (χ2n) is 19.4. The van der Waals surface area contributed by atoms with E-state index >= 15 is 0 Å². The molecule has 0 amide bonds. The minimum atomic E-state index is -0.500. The summed E-state index contributed by atoms with van der Waals surface area (Å²) in [6, 6.07) is 82.7. The molecule has 0 radical (unpaired) electrons. The lowest BCUT2D eigenvalue weighted by atomic mass is 9.57. The molecule has 4 unspecified atom stereocenters. The van der Waals surface area contributed by atoms with Crippen LogP contribution in [0.2, 0.25) is 0 Å². The van der Waals surface area contributed by atoms with Crippen molar-refractivity contribution in [1.29, 1.82) is 0 Å². The van der Waals surface area contributed by atoms with Crippen molar-refractivity contribution in [2.75, 3.05) is 0 Å². The molecule has 3 aliphatic carbocycles. The van der Waals surface area contributed by atoms with Gasteiger partial charge in [0.05, 0.1) is 16.8 Å². The molecule has 0 saturated heterocycles. The van der Waals surface area contributed by atoms with Gasteiger partial charge in [-0.3, -0.25) is 4.99 Å². The van der Waals surface area contributed by atoms with Crippen molar-refractivity contribution in [2.24, 2.45) is 10.9 Å². The molecule has 322 valence electrons. The normalized spacial score (nSPS) is 19.4. The molecule has 0 aromatic heterocycles. The van der Waals surface area contributed by atoms with E-state index < -0.39 is 5.41 Å². The molecule has 0 N–H and O–H groups in total. The van der Waals surface area contributed by atoms with Crippen molar-refractivity contribution >= 4 is 38.5 Å². The maximum absolute atomic E-state index is 5.54. The molecule has 0 fully saturated rings. The van der Waals surface area contributed by atoms with Crippen molar-refractivity contribution < 1.29 is 0 Å². The van der Waals surface area contributed by atoms with E-state index in [9.17, 15) is 0 Å². The van der Waals surface area contributed by atoms with E-state index in [0.29, 0.717) is 0 Å². The lowest BCUT2D eigenvalue weighted by Crippen LogP contribution is -2.36. The van der Waals surface area contributed by atoms with Crippen LogP contribution in [0, 0.1) is 5.92 Å². The summed E-state index contributed by atoms with van der Waals surface area (Å²) in [6.07, 6.45) is 5.39. The molecule has 1 heteroatoms. The Bertz CT molecular complexity index is 3740. The van der Waals surface area contributed by atoms with E-state index in [-0.39, 0.29) is 17.8 Å². The van der Waals surface area contributed by atoms with Gasteiger partial charge in [-0.15, -0.1) is 0 Å². The highest BCUT2D eigenvalue weighted by atomic mass is 14.8. The Morgan fingerprint density at radius 1 is 0.500 bits per heavy atom. The SMILES string of the molecule is CCC1C=C(c2ccccc2)c2ccccc2N=C1c1cccc(CC2CC3c4ccccc4C4(c5ccccc5)c5c(ccc(c53)-c3ccccc32)-c2c4c3ccccc3c3ccccc23)c1. The molecule has 0 saturated carbocycles. The fraction of sp³-hybridized carbons (Fsp3) is 0.119. The summed E-state index contributed by atoms with van der Waals surface area (Å²) in [7, 11) is 0. The van der Waals surface area contributed by atoms with Crippen molar-refractivity contribution in [3.05, 3.63) is 286 Å². The second-order valence-corrected chi connectivity index (χ2v) is 19.4. The van der Waals surface area contributed by atoms with E-state index in [0.717, 1.165) is 30.7 Å². The van der Waals surface area contributed by atoms with Gasteiger partial charge >= 0.3 is 0 Å². The minimum Gasteiger partial charge on any atom is -0.252 e. The zero-order valence-corrected chi connectivity index (χ0v) is 38.2. The average Bonchev–Trinajstić information content (AvgIpc) is 3.52. The standard InChI is InChI=1S/C67H49N/c1-2-43-40-58(44-21-5-3-6-22-44)53-31-16-18-35-61(53)68-66(43)45-23-19-20-42(38-45)39-46-41-59-52-30-15-17-34-60(52)67(47-24-7-4-8-25-47)64-56-33-14-12-29-51(56)50-28-11-13-32-54(50)62(64)57-37-36-55(63(59)65(57)67)49-27-10-9-26-48(46)49/h3-38,40,43,46,59H,2,39,41H2,1H3. The highest BCUT2D eigenvalue weighted by Gasteiger charge is 2.55. The van der Waals surface area contributed by atoms with Gasteiger partial charge in [-0.25, -0.2) is 0 Å². The van der Waals surface area contributed by atoms with Crippen LogP contribution >= 0.6 is 0 Å². The Labute approximate surface area is 398 Å². The number of fused-ring (bicyclic) bond motifs is 14. The Morgan fingerprint density at radius 3 is 1.94 bits per heavy atom. The summed E-state index contributed by atoms with van der Waals surface area (Å²) in [4.78, 5) is 5.54. The lowest BCUT2D eigenvalue weighted by Gasteiger charge is -2.44. The largest absolute Gasteiger partial charge is 0.252 e. The maximum Gasteiger partial charge on any atom is 0.0725 e. The number of aliphatic imine (C=N–C) groups is 1. The second kappa shape index (κ2) is 15.3. The smallest absolute Gasteiger partial charge is 0.0725 e. The number of benzene rings is 10. The van der Waals surface area contributed by atoms with Crippen LogP contribution in [0.15, 0.2) is 229 Å². The third kappa shape index (κ3) is 5.60. The van der Waals surface area contributed by atoms with Crippen LogP contribution < -0.4 is 0 Å². The van der Waals surface area contributed by atoms with Crippen LogP contribution in [-0.2, 0) is 11.8 Å². The lowest BCUT2D eigenvalue weighted by molar-refractivity contribution is 0.556. The molecule has 1 nitrogen and oxygen atoms in total. The predicted molar refractivity (Wildman–Crippen MR) is 283 cm³/mol. The van der Waals surface area contributed by atoms with Gasteiger partial charge in [0.15, 0.2) is 0 Å². The molecule has 14 rings (SSSR count). The van der Waals surface area contributed by atoms with E-state index in [2.05, 4.69) is 231 Å². The van der Waals surface area contributed by atoms with Crippen LogP contribution in [-0.4, -0.2) is 5.71 Å². The molecule has 10 aromatic rings. The van der Waals surface area contributed by atoms with Gasteiger partial charge in [0.1, 0.15) is 0 Å². The first-order chi connectivity index (χ1) is 33.7. The molecule has 0 bridgehead atoms. The van der Waals surface area contributed by atoms with Gasteiger partial charge in [0.25, 0.3) is 0 Å². The topological polar surface area (TPSA) is 12.4 Å². The quantitative estimate of drug-likeness (QED) is 0.148. The van der Waals surface area contributed by atoms with Gasteiger partial charge in [0, 0.05) is 17.4 Å². The molecule has 68 heavy (non-hydrogen) atoms. The zero-order valence-electron chi connectivity index (χ0n) is 38.2. The van der Waals surface area contributed by atoms with Crippen molar-refractivity contribution in [2.45, 2.75) is 43.4 Å². The van der Waals surface area contributed by atoms with Gasteiger partial charge in [0.2, 0.25) is 0 Å². The predicted octanol–water partition coefficient (Wildman–Crippen LogP) is 16.8. The first kappa shape index (κ1) is 39.3. The Balaban J connectivity index is 0.957. The molecular formula is C67H49N. The molecule has 0 spiro atoms. The van der Waals surface area contributed by atoms with Crippen molar-refractivity contribution in [3.8, 4) is 22.3 Å². The number of hydrogen-bond donors (Lipinski definition) is 0. The minimum absolute atomic E-state index is 0.171. The van der Waals surface area contributed by atoms with Crippen molar-refractivity contribution in [1.82, 2.24) is 0 Å². The highest BCUT2D eigenvalue weighted by molar-refractivity contribution is 6.20. The maximum atomic E-state index is 5.54. The van der Waals surface area contributed by atoms with Gasteiger partial charge in [-0.1, -0.05) is 219 Å². The van der Waals surface area contributed by atoms with Gasteiger partial charge < -0.3 is 0 Å². The Kier molecular flexibility index (Phi) is 8.87. The molecule has 1 aliphatic heterocycles. The third-order valence-electron chi connectivity index (χ3n) is 16.1. The first-order valence-corrected chi connectivity index (χ1v) is 24.6. The molecule has 4 aliphatic rings. The zero-order chi connectivity index (χ0) is 44.9. The van der Waals surface area contributed by atoms with Crippen LogP contribution in [0.25, 0.3) is 49.4 Å².